The zero-order valence-electron chi connectivity index (χ0n) is 5.83. The van der Waals surface area contributed by atoms with E-state index < -0.39 is 0 Å². The lowest BCUT2D eigenvalue weighted by Gasteiger charge is -1.89. The van der Waals surface area contributed by atoms with Gasteiger partial charge in [0.1, 0.15) is 0 Å². The molecule has 10 heavy (non-hydrogen) atoms. The lowest BCUT2D eigenvalue weighted by atomic mass is 10.4. The summed E-state index contributed by atoms with van der Waals surface area (Å²) >= 11 is 3.42. The fourth-order valence-corrected chi connectivity index (χ4v) is 1.88. The summed E-state index contributed by atoms with van der Waals surface area (Å²) in [7, 11) is 0. The zero-order valence-corrected chi connectivity index (χ0v) is 7.47. The van der Waals surface area contributed by atoms with Gasteiger partial charge < -0.3 is 5.73 Å². The van der Waals surface area contributed by atoms with E-state index in [1.165, 1.54) is 4.88 Å². The van der Waals surface area contributed by atoms with Gasteiger partial charge in [0.25, 0.3) is 0 Å². The summed E-state index contributed by atoms with van der Waals surface area (Å²) in [5.74, 6) is 1.15. The molecule has 0 aliphatic heterocycles. The van der Waals surface area contributed by atoms with Crippen molar-refractivity contribution in [1.82, 2.24) is 4.98 Å². The largest absolute Gasteiger partial charge is 0.375 e. The van der Waals surface area contributed by atoms with E-state index in [0.29, 0.717) is 5.13 Å². The van der Waals surface area contributed by atoms with E-state index >= 15 is 0 Å². The van der Waals surface area contributed by atoms with E-state index in [4.69, 9.17) is 5.73 Å². The molecule has 2 N–H and O–H groups in total. The van der Waals surface area contributed by atoms with Gasteiger partial charge in [-0.25, -0.2) is 4.98 Å². The third-order valence-corrected chi connectivity index (χ3v) is 2.62. The first-order valence-corrected chi connectivity index (χ1v) is 5.23. The summed E-state index contributed by atoms with van der Waals surface area (Å²) in [6.45, 7) is 0. The van der Waals surface area contributed by atoms with Crippen molar-refractivity contribution in [2.75, 3.05) is 17.7 Å². The van der Waals surface area contributed by atoms with Crippen LogP contribution in [0.1, 0.15) is 4.88 Å². The van der Waals surface area contributed by atoms with Gasteiger partial charge in [-0.1, -0.05) is 0 Å². The first-order chi connectivity index (χ1) is 4.83. The molecule has 0 radical (unpaired) electrons. The Morgan fingerprint density at radius 1 is 1.80 bits per heavy atom. The first-order valence-electron chi connectivity index (χ1n) is 3.02. The van der Waals surface area contributed by atoms with Gasteiger partial charge in [-0.05, 0) is 18.4 Å². The maximum absolute atomic E-state index is 5.45. The minimum absolute atomic E-state index is 0.677. The van der Waals surface area contributed by atoms with Gasteiger partial charge in [0.2, 0.25) is 0 Å². The Labute approximate surface area is 68.8 Å². The Bertz CT molecular complexity index is 197. The highest BCUT2D eigenvalue weighted by atomic mass is 32.2. The van der Waals surface area contributed by atoms with Gasteiger partial charge in [-0.2, -0.15) is 11.8 Å². The Hall–Kier alpha value is -0.220. The molecule has 1 rings (SSSR count). The van der Waals surface area contributed by atoms with Crippen molar-refractivity contribution in [2.24, 2.45) is 0 Å². The highest BCUT2D eigenvalue weighted by molar-refractivity contribution is 7.98. The molecule has 0 atom stereocenters. The third-order valence-electron chi connectivity index (χ3n) is 1.12. The van der Waals surface area contributed by atoms with Gasteiger partial charge in [-0.15, -0.1) is 11.3 Å². The monoisotopic (exact) mass is 174 g/mol. The number of rotatable bonds is 3. The van der Waals surface area contributed by atoms with E-state index in [1.54, 1.807) is 11.3 Å². The van der Waals surface area contributed by atoms with Crippen LogP contribution < -0.4 is 5.73 Å². The second-order valence-electron chi connectivity index (χ2n) is 1.91. The minimum Gasteiger partial charge on any atom is -0.375 e. The van der Waals surface area contributed by atoms with Crippen LogP contribution in [0, 0.1) is 0 Å². The maximum Gasteiger partial charge on any atom is 0.180 e. The molecule has 0 spiro atoms. The maximum atomic E-state index is 5.45. The summed E-state index contributed by atoms with van der Waals surface area (Å²) < 4.78 is 0. The lowest BCUT2D eigenvalue weighted by molar-refractivity contribution is 1.19. The fraction of sp³-hybridized carbons (Fsp3) is 0.500. The number of thiazole rings is 1. The molecule has 0 aliphatic carbocycles. The molecule has 1 aromatic rings. The second-order valence-corrected chi connectivity index (χ2v) is 4.04. The van der Waals surface area contributed by atoms with Crippen LogP contribution in [0.2, 0.25) is 0 Å². The van der Waals surface area contributed by atoms with Gasteiger partial charge in [0, 0.05) is 11.1 Å². The number of nitrogen functional groups attached to an aromatic ring is 1. The molecule has 56 valence electrons. The highest BCUT2D eigenvalue weighted by Crippen LogP contribution is 2.15. The number of nitrogens with two attached hydrogens (primary N) is 1. The summed E-state index contributed by atoms with van der Waals surface area (Å²) in [6.07, 6.45) is 5.05. The van der Waals surface area contributed by atoms with Crippen molar-refractivity contribution in [3.8, 4) is 0 Å². The van der Waals surface area contributed by atoms with Crippen LogP contribution in [0.3, 0.4) is 0 Å². The number of hydrogen-bond donors (Lipinski definition) is 1. The van der Waals surface area contributed by atoms with Crippen molar-refractivity contribution in [2.45, 2.75) is 6.42 Å². The lowest BCUT2D eigenvalue weighted by Crippen LogP contribution is -1.81. The Morgan fingerprint density at radius 3 is 3.10 bits per heavy atom. The van der Waals surface area contributed by atoms with Crippen molar-refractivity contribution in [1.29, 1.82) is 0 Å². The summed E-state index contributed by atoms with van der Waals surface area (Å²) in [6, 6.07) is 0. The second kappa shape index (κ2) is 3.83. The molecular weight excluding hydrogens is 164 g/mol. The molecule has 1 aromatic heterocycles. The number of nitrogens with zero attached hydrogens (tertiary/aromatic N) is 1. The number of hydrogen-bond acceptors (Lipinski definition) is 4. The molecule has 4 heteroatoms. The predicted octanol–water partition coefficient (Wildman–Crippen LogP) is 1.63. The van der Waals surface area contributed by atoms with Crippen LogP contribution in [0.5, 0.6) is 0 Å². The molecule has 0 amide bonds. The van der Waals surface area contributed by atoms with E-state index in [2.05, 4.69) is 11.2 Å². The molecule has 0 saturated heterocycles. The molecule has 2 nitrogen and oxygen atoms in total. The Balaban J connectivity index is 2.42. The molecule has 1 heterocycles. The Morgan fingerprint density at radius 2 is 2.60 bits per heavy atom. The van der Waals surface area contributed by atoms with Crippen molar-refractivity contribution in [3.05, 3.63) is 11.1 Å². The third kappa shape index (κ3) is 2.19. The van der Waals surface area contributed by atoms with Crippen LogP contribution >= 0.6 is 23.1 Å². The van der Waals surface area contributed by atoms with E-state index in [-0.39, 0.29) is 0 Å². The number of thioether (sulfide) groups is 1. The molecule has 0 bridgehead atoms. The Kier molecular flexibility index (Phi) is 3.02. The normalized spacial score (nSPS) is 10.1. The van der Waals surface area contributed by atoms with Crippen LogP contribution in [0.15, 0.2) is 6.20 Å². The van der Waals surface area contributed by atoms with Crippen LogP contribution in [-0.4, -0.2) is 17.0 Å². The number of aryl methyl sites for hydroxylation is 1. The SMILES string of the molecule is CSCCc1cnc(N)s1. The van der Waals surface area contributed by atoms with Crippen LogP contribution in [0.4, 0.5) is 5.13 Å². The van der Waals surface area contributed by atoms with Crippen LogP contribution in [0.25, 0.3) is 0 Å². The summed E-state index contributed by atoms with van der Waals surface area (Å²) in [5.41, 5.74) is 5.45. The van der Waals surface area contributed by atoms with E-state index in [9.17, 15) is 0 Å². The molecule has 0 aliphatic rings. The van der Waals surface area contributed by atoms with E-state index in [0.717, 1.165) is 12.2 Å². The number of anilines is 1. The highest BCUT2D eigenvalue weighted by Gasteiger charge is 1.96. The van der Waals surface area contributed by atoms with Crippen molar-refractivity contribution < 1.29 is 0 Å². The summed E-state index contributed by atoms with van der Waals surface area (Å²) in [4.78, 5) is 5.24. The summed E-state index contributed by atoms with van der Waals surface area (Å²) in [5, 5.41) is 0.677. The predicted molar refractivity (Wildman–Crippen MR) is 48.6 cm³/mol. The van der Waals surface area contributed by atoms with Crippen molar-refractivity contribution in [3.63, 3.8) is 0 Å². The van der Waals surface area contributed by atoms with Gasteiger partial charge in [-0.3, -0.25) is 0 Å². The standard InChI is InChI=1S/C6H10N2S2/c1-9-3-2-5-4-8-6(7)10-5/h4H,2-3H2,1H3,(H2,7,8). The van der Waals surface area contributed by atoms with E-state index in [1.807, 2.05) is 18.0 Å². The molecule has 0 saturated carbocycles. The smallest absolute Gasteiger partial charge is 0.180 e. The van der Waals surface area contributed by atoms with Crippen molar-refractivity contribution >= 4 is 28.2 Å². The van der Waals surface area contributed by atoms with Gasteiger partial charge in [0.05, 0.1) is 0 Å². The quantitative estimate of drug-likeness (QED) is 0.757. The topological polar surface area (TPSA) is 38.9 Å². The average molecular weight is 174 g/mol. The molecular formula is C6H10N2S2. The van der Waals surface area contributed by atoms with Gasteiger partial charge in [0.15, 0.2) is 5.13 Å². The zero-order chi connectivity index (χ0) is 7.40. The molecule has 0 unspecified atom stereocenters. The first kappa shape index (κ1) is 7.88. The minimum atomic E-state index is 0.677. The van der Waals surface area contributed by atoms with Gasteiger partial charge >= 0.3 is 0 Å². The average Bonchev–Trinajstić information content (AvgIpc) is 2.31. The molecule has 0 fully saturated rings. The fourth-order valence-electron chi connectivity index (χ4n) is 0.641. The number of aromatic nitrogens is 1. The molecule has 0 aromatic carbocycles. The van der Waals surface area contributed by atoms with Crippen LogP contribution in [-0.2, 0) is 6.42 Å².